The van der Waals surface area contributed by atoms with E-state index in [2.05, 4.69) is 28.8 Å². The standard InChI is InChI=1S/C26H23N3O3/c27-15-17-4-3-5-18(12-17)19-8-9-21-14-22(11-10-20(21)13-19)29-25(30)16-28-24-7-2-1-6-23(24)26(31)32/h1-14,28H,15-16,27H2,(H,29,30)(H,31,32). The van der Waals surface area contributed by atoms with Crippen molar-refractivity contribution in [3.05, 3.63) is 96.1 Å². The molecule has 0 saturated heterocycles. The van der Waals surface area contributed by atoms with Crippen molar-refractivity contribution in [3.63, 3.8) is 0 Å². The summed E-state index contributed by atoms with van der Waals surface area (Å²) in [6.45, 7) is 0.458. The summed E-state index contributed by atoms with van der Waals surface area (Å²) < 4.78 is 0. The van der Waals surface area contributed by atoms with E-state index in [9.17, 15) is 14.7 Å². The Balaban J connectivity index is 1.46. The molecule has 4 aromatic rings. The van der Waals surface area contributed by atoms with Gasteiger partial charge in [-0.05, 0) is 63.9 Å². The van der Waals surface area contributed by atoms with E-state index in [0.29, 0.717) is 17.9 Å². The van der Waals surface area contributed by atoms with Crippen molar-refractivity contribution in [2.24, 2.45) is 5.73 Å². The molecule has 4 rings (SSSR count). The Hall–Kier alpha value is -4.16. The van der Waals surface area contributed by atoms with Gasteiger partial charge in [0.15, 0.2) is 0 Å². The van der Waals surface area contributed by atoms with Crippen molar-refractivity contribution in [1.82, 2.24) is 0 Å². The Labute approximate surface area is 185 Å². The molecular formula is C26H23N3O3. The number of para-hydroxylation sites is 1. The smallest absolute Gasteiger partial charge is 0.337 e. The highest BCUT2D eigenvalue weighted by molar-refractivity contribution is 5.99. The lowest BCUT2D eigenvalue weighted by molar-refractivity contribution is -0.114. The van der Waals surface area contributed by atoms with Crippen LogP contribution in [0.2, 0.25) is 0 Å². The summed E-state index contributed by atoms with van der Waals surface area (Å²) in [7, 11) is 0. The van der Waals surface area contributed by atoms with Gasteiger partial charge in [0.1, 0.15) is 0 Å². The van der Waals surface area contributed by atoms with Gasteiger partial charge in [0.05, 0.1) is 12.1 Å². The molecule has 0 unspecified atom stereocenters. The Morgan fingerprint density at radius 3 is 2.38 bits per heavy atom. The highest BCUT2D eigenvalue weighted by Gasteiger charge is 2.10. The third-order valence-corrected chi connectivity index (χ3v) is 5.22. The number of nitrogens with two attached hydrogens (primary N) is 1. The fourth-order valence-corrected chi connectivity index (χ4v) is 3.59. The summed E-state index contributed by atoms with van der Waals surface area (Å²) in [6.07, 6.45) is 0. The molecule has 0 fully saturated rings. The molecule has 0 spiro atoms. The number of carbonyl (C=O) groups is 2. The lowest BCUT2D eigenvalue weighted by Gasteiger charge is -2.11. The minimum Gasteiger partial charge on any atom is -0.478 e. The molecule has 0 aliphatic carbocycles. The van der Waals surface area contributed by atoms with Crippen molar-refractivity contribution in [2.75, 3.05) is 17.2 Å². The molecule has 0 radical (unpaired) electrons. The van der Waals surface area contributed by atoms with Crippen molar-refractivity contribution >= 4 is 34.0 Å². The number of carboxylic acids is 1. The number of fused-ring (bicyclic) bond motifs is 1. The minimum absolute atomic E-state index is 0.0429. The molecule has 0 aliphatic rings. The second-order valence-corrected chi connectivity index (χ2v) is 7.43. The number of benzene rings is 4. The zero-order chi connectivity index (χ0) is 22.5. The average molecular weight is 425 g/mol. The Kier molecular flexibility index (Phi) is 6.14. The molecule has 1 amide bonds. The highest BCUT2D eigenvalue weighted by Crippen LogP contribution is 2.27. The Morgan fingerprint density at radius 1 is 0.812 bits per heavy atom. The molecule has 5 N–H and O–H groups in total. The summed E-state index contributed by atoms with van der Waals surface area (Å²) in [6, 6.07) is 26.6. The summed E-state index contributed by atoms with van der Waals surface area (Å²) >= 11 is 0. The zero-order valence-electron chi connectivity index (χ0n) is 17.3. The first-order valence-electron chi connectivity index (χ1n) is 10.2. The van der Waals surface area contributed by atoms with Gasteiger partial charge in [-0.1, -0.05) is 48.5 Å². The van der Waals surface area contributed by atoms with Crippen LogP contribution >= 0.6 is 0 Å². The molecule has 4 aromatic carbocycles. The second kappa shape index (κ2) is 9.32. The van der Waals surface area contributed by atoms with Crippen molar-refractivity contribution in [1.29, 1.82) is 0 Å². The van der Waals surface area contributed by atoms with E-state index in [4.69, 9.17) is 5.73 Å². The summed E-state index contributed by atoms with van der Waals surface area (Å²) in [5.41, 5.74) is 10.3. The molecule has 0 aliphatic heterocycles. The maximum Gasteiger partial charge on any atom is 0.337 e. The van der Waals surface area contributed by atoms with Gasteiger partial charge in [-0.3, -0.25) is 4.79 Å². The number of anilines is 2. The average Bonchev–Trinajstić information content (AvgIpc) is 2.82. The molecule has 6 nitrogen and oxygen atoms in total. The van der Waals surface area contributed by atoms with Gasteiger partial charge >= 0.3 is 5.97 Å². The molecule has 0 atom stereocenters. The van der Waals surface area contributed by atoms with Crippen LogP contribution in [0.3, 0.4) is 0 Å². The van der Waals surface area contributed by atoms with Crippen LogP contribution in [-0.2, 0) is 11.3 Å². The van der Waals surface area contributed by atoms with Crippen molar-refractivity contribution < 1.29 is 14.7 Å². The predicted molar refractivity (Wildman–Crippen MR) is 128 cm³/mol. The monoisotopic (exact) mass is 425 g/mol. The number of carbonyl (C=O) groups excluding carboxylic acids is 1. The van der Waals surface area contributed by atoms with Crippen LogP contribution in [0.4, 0.5) is 11.4 Å². The molecule has 0 aromatic heterocycles. The van der Waals surface area contributed by atoms with Crippen LogP contribution in [0.25, 0.3) is 21.9 Å². The third kappa shape index (κ3) is 4.77. The van der Waals surface area contributed by atoms with Gasteiger partial charge in [0.2, 0.25) is 5.91 Å². The fraction of sp³-hybridized carbons (Fsp3) is 0.0769. The first-order chi connectivity index (χ1) is 15.5. The van der Waals surface area contributed by atoms with E-state index in [1.54, 1.807) is 18.2 Å². The maximum absolute atomic E-state index is 12.4. The summed E-state index contributed by atoms with van der Waals surface area (Å²) in [5.74, 6) is -1.31. The van der Waals surface area contributed by atoms with Gasteiger partial charge in [0, 0.05) is 17.9 Å². The summed E-state index contributed by atoms with van der Waals surface area (Å²) in [5, 5.41) is 17.0. The zero-order valence-corrected chi connectivity index (χ0v) is 17.3. The first kappa shape index (κ1) is 21.1. The molecule has 32 heavy (non-hydrogen) atoms. The quantitative estimate of drug-likeness (QED) is 0.343. The number of aromatic carboxylic acids is 1. The largest absolute Gasteiger partial charge is 0.478 e. The SMILES string of the molecule is NCc1cccc(-c2ccc3cc(NC(=O)CNc4ccccc4C(=O)O)ccc3c2)c1. The maximum atomic E-state index is 12.4. The number of nitrogens with one attached hydrogen (secondary N) is 2. The van der Waals surface area contributed by atoms with E-state index in [0.717, 1.165) is 27.5 Å². The number of amides is 1. The number of rotatable bonds is 7. The Morgan fingerprint density at radius 2 is 1.56 bits per heavy atom. The molecule has 160 valence electrons. The second-order valence-electron chi connectivity index (χ2n) is 7.43. The van der Waals surface area contributed by atoms with Crippen molar-refractivity contribution in [3.8, 4) is 11.1 Å². The van der Waals surface area contributed by atoms with E-state index < -0.39 is 5.97 Å². The lowest BCUT2D eigenvalue weighted by atomic mass is 9.99. The van der Waals surface area contributed by atoms with E-state index in [1.165, 1.54) is 6.07 Å². The topological polar surface area (TPSA) is 104 Å². The van der Waals surface area contributed by atoms with Gasteiger partial charge < -0.3 is 21.5 Å². The van der Waals surface area contributed by atoms with Crippen LogP contribution in [0, 0.1) is 0 Å². The predicted octanol–water partition coefficient (Wildman–Crippen LogP) is 4.71. The van der Waals surface area contributed by atoms with E-state index in [1.807, 2.05) is 42.5 Å². The van der Waals surface area contributed by atoms with Crippen LogP contribution in [0.15, 0.2) is 84.9 Å². The number of hydrogen-bond donors (Lipinski definition) is 4. The first-order valence-corrected chi connectivity index (χ1v) is 10.2. The molecular weight excluding hydrogens is 402 g/mol. The lowest BCUT2D eigenvalue weighted by Crippen LogP contribution is -2.22. The van der Waals surface area contributed by atoms with Crippen LogP contribution in [-0.4, -0.2) is 23.5 Å². The number of carboxylic acid groups (broad SMARTS) is 1. The molecule has 0 saturated carbocycles. The molecule has 0 heterocycles. The minimum atomic E-state index is -1.04. The van der Waals surface area contributed by atoms with Crippen LogP contribution in [0.1, 0.15) is 15.9 Å². The van der Waals surface area contributed by atoms with E-state index in [-0.39, 0.29) is 18.0 Å². The van der Waals surface area contributed by atoms with Gasteiger partial charge in [-0.25, -0.2) is 4.79 Å². The normalized spacial score (nSPS) is 10.7. The van der Waals surface area contributed by atoms with Gasteiger partial charge in [-0.15, -0.1) is 0 Å². The summed E-state index contributed by atoms with van der Waals surface area (Å²) in [4.78, 5) is 23.7. The van der Waals surface area contributed by atoms with Crippen molar-refractivity contribution in [2.45, 2.75) is 6.54 Å². The molecule has 6 heteroatoms. The Bertz CT molecular complexity index is 1300. The van der Waals surface area contributed by atoms with E-state index >= 15 is 0 Å². The van der Waals surface area contributed by atoms with Crippen LogP contribution < -0.4 is 16.4 Å². The molecule has 0 bridgehead atoms. The fourth-order valence-electron chi connectivity index (χ4n) is 3.59. The van der Waals surface area contributed by atoms with Crippen LogP contribution in [0.5, 0.6) is 0 Å². The highest BCUT2D eigenvalue weighted by atomic mass is 16.4. The van der Waals surface area contributed by atoms with Gasteiger partial charge in [0.25, 0.3) is 0 Å². The van der Waals surface area contributed by atoms with Gasteiger partial charge in [-0.2, -0.15) is 0 Å². The third-order valence-electron chi connectivity index (χ3n) is 5.22. The number of hydrogen-bond acceptors (Lipinski definition) is 4.